The van der Waals surface area contributed by atoms with Crippen molar-refractivity contribution < 1.29 is 13.9 Å². The molecule has 1 aliphatic rings. The average Bonchev–Trinajstić information content (AvgIpc) is 2.94. The SMILES string of the molecule is C/C=C/CCC1CCC(OC(=O)c2ccc(C=Cc3ccc(C[C@@H](C)c4ccccc4)cc3F)cc2)CC1. The topological polar surface area (TPSA) is 26.3 Å². The van der Waals surface area contributed by atoms with Gasteiger partial charge in [-0.25, -0.2) is 9.18 Å². The van der Waals surface area contributed by atoms with Crippen molar-refractivity contribution in [1.82, 2.24) is 0 Å². The highest BCUT2D eigenvalue weighted by molar-refractivity contribution is 5.90. The maximum atomic E-state index is 14.8. The molecule has 0 aliphatic heterocycles. The first-order valence-electron chi connectivity index (χ1n) is 14.0. The quantitative estimate of drug-likeness (QED) is 0.154. The van der Waals surface area contributed by atoms with Gasteiger partial charge in [-0.2, -0.15) is 0 Å². The third-order valence-electron chi connectivity index (χ3n) is 7.62. The Labute approximate surface area is 227 Å². The number of esters is 1. The number of rotatable bonds is 10. The Hall–Kier alpha value is -3.46. The minimum absolute atomic E-state index is 0.0154. The Morgan fingerprint density at radius 1 is 0.974 bits per heavy atom. The smallest absolute Gasteiger partial charge is 0.338 e. The summed E-state index contributed by atoms with van der Waals surface area (Å²) in [6, 6.07) is 23.1. The zero-order chi connectivity index (χ0) is 26.7. The van der Waals surface area contributed by atoms with E-state index in [1.807, 2.05) is 48.5 Å². The van der Waals surface area contributed by atoms with Crippen LogP contribution in [0.4, 0.5) is 4.39 Å². The lowest BCUT2D eigenvalue weighted by molar-refractivity contribution is 0.0162. The van der Waals surface area contributed by atoms with Gasteiger partial charge in [0.25, 0.3) is 0 Å². The maximum Gasteiger partial charge on any atom is 0.338 e. The minimum atomic E-state index is -0.260. The third-order valence-corrected chi connectivity index (χ3v) is 7.62. The zero-order valence-electron chi connectivity index (χ0n) is 22.6. The number of benzene rings is 3. The second-order valence-electron chi connectivity index (χ2n) is 10.5. The molecule has 3 aromatic rings. The molecule has 0 bridgehead atoms. The van der Waals surface area contributed by atoms with Crippen LogP contribution in [-0.4, -0.2) is 12.1 Å². The van der Waals surface area contributed by atoms with Crippen LogP contribution >= 0.6 is 0 Å². The molecule has 3 heteroatoms. The maximum absolute atomic E-state index is 14.8. The van der Waals surface area contributed by atoms with Gasteiger partial charge in [-0.15, -0.1) is 0 Å². The van der Waals surface area contributed by atoms with Gasteiger partial charge in [0.15, 0.2) is 0 Å². The van der Waals surface area contributed by atoms with E-state index in [2.05, 4.69) is 38.1 Å². The van der Waals surface area contributed by atoms with Crippen LogP contribution < -0.4 is 0 Å². The highest BCUT2D eigenvalue weighted by Gasteiger charge is 2.24. The first-order valence-corrected chi connectivity index (χ1v) is 14.0. The Morgan fingerprint density at radius 3 is 2.39 bits per heavy atom. The predicted octanol–water partition coefficient (Wildman–Crippen LogP) is 9.41. The van der Waals surface area contributed by atoms with Crippen LogP contribution in [0.3, 0.4) is 0 Å². The van der Waals surface area contributed by atoms with Crippen molar-refractivity contribution in [2.75, 3.05) is 0 Å². The molecule has 1 aliphatic carbocycles. The molecular weight excluding hydrogens is 471 g/mol. The van der Waals surface area contributed by atoms with Crippen molar-refractivity contribution in [3.05, 3.63) is 119 Å². The van der Waals surface area contributed by atoms with E-state index in [-0.39, 0.29) is 17.9 Å². The Kier molecular flexibility index (Phi) is 10.1. The molecule has 0 saturated heterocycles. The predicted molar refractivity (Wildman–Crippen MR) is 156 cm³/mol. The fraction of sp³-hybridized carbons (Fsp3) is 0.343. The van der Waals surface area contributed by atoms with Gasteiger partial charge in [-0.3, -0.25) is 0 Å². The van der Waals surface area contributed by atoms with E-state index in [0.29, 0.717) is 17.0 Å². The fourth-order valence-electron chi connectivity index (χ4n) is 5.26. The molecule has 4 rings (SSSR count). The van der Waals surface area contributed by atoms with E-state index in [0.717, 1.165) is 55.6 Å². The van der Waals surface area contributed by atoms with E-state index in [1.165, 1.54) is 12.0 Å². The summed E-state index contributed by atoms with van der Waals surface area (Å²) in [4.78, 5) is 12.6. The van der Waals surface area contributed by atoms with Crippen molar-refractivity contribution in [2.24, 2.45) is 5.92 Å². The largest absolute Gasteiger partial charge is 0.459 e. The lowest BCUT2D eigenvalue weighted by Gasteiger charge is -2.28. The summed E-state index contributed by atoms with van der Waals surface area (Å²) < 4.78 is 20.6. The molecule has 1 saturated carbocycles. The monoisotopic (exact) mass is 510 g/mol. The van der Waals surface area contributed by atoms with Gasteiger partial charge >= 0.3 is 5.97 Å². The van der Waals surface area contributed by atoms with Crippen LogP contribution in [0.2, 0.25) is 0 Å². The van der Waals surface area contributed by atoms with Gasteiger partial charge in [-0.05, 0) is 98.6 Å². The number of allylic oxidation sites excluding steroid dienone is 2. The molecule has 0 aromatic heterocycles. The van der Waals surface area contributed by atoms with Crippen molar-refractivity contribution in [1.29, 1.82) is 0 Å². The van der Waals surface area contributed by atoms with Gasteiger partial charge in [0, 0.05) is 5.56 Å². The molecular formula is C35H39FO2. The molecule has 0 radical (unpaired) electrons. The number of ether oxygens (including phenoxy) is 1. The van der Waals surface area contributed by atoms with Crippen molar-refractivity contribution in [2.45, 2.75) is 70.8 Å². The highest BCUT2D eigenvalue weighted by Crippen LogP contribution is 2.30. The molecule has 198 valence electrons. The van der Waals surface area contributed by atoms with Gasteiger partial charge in [0.05, 0.1) is 5.56 Å². The summed E-state index contributed by atoms with van der Waals surface area (Å²) in [5.41, 5.74) is 4.25. The van der Waals surface area contributed by atoms with E-state index < -0.39 is 0 Å². The van der Waals surface area contributed by atoms with Crippen molar-refractivity contribution in [3.8, 4) is 0 Å². The van der Waals surface area contributed by atoms with E-state index in [9.17, 15) is 9.18 Å². The Morgan fingerprint density at radius 2 is 1.71 bits per heavy atom. The van der Waals surface area contributed by atoms with Crippen LogP contribution in [0.5, 0.6) is 0 Å². The molecule has 3 aromatic carbocycles. The lowest BCUT2D eigenvalue weighted by Crippen LogP contribution is -2.24. The van der Waals surface area contributed by atoms with Crippen LogP contribution in [0.25, 0.3) is 12.2 Å². The molecule has 1 fully saturated rings. The molecule has 0 heterocycles. The van der Waals surface area contributed by atoms with Crippen molar-refractivity contribution in [3.63, 3.8) is 0 Å². The average molecular weight is 511 g/mol. The summed E-state index contributed by atoms with van der Waals surface area (Å²) in [6.07, 6.45) is 15.3. The molecule has 38 heavy (non-hydrogen) atoms. The Balaban J connectivity index is 1.27. The summed E-state index contributed by atoms with van der Waals surface area (Å²) in [5, 5.41) is 0. The first kappa shape index (κ1) is 27.6. The minimum Gasteiger partial charge on any atom is -0.459 e. The summed E-state index contributed by atoms with van der Waals surface area (Å²) >= 11 is 0. The Bertz CT molecular complexity index is 1220. The zero-order valence-corrected chi connectivity index (χ0v) is 22.6. The summed E-state index contributed by atoms with van der Waals surface area (Å²) in [7, 11) is 0. The molecule has 1 atom stereocenters. The summed E-state index contributed by atoms with van der Waals surface area (Å²) in [6.45, 7) is 4.23. The number of halogens is 1. The van der Waals surface area contributed by atoms with Gasteiger partial charge < -0.3 is 4.74 Å². The van der Waals surface area contributed by atoms with Gasteiger partial charge in [0.1, 0.15) is 11.9 Å². The summed E-state index contributed by atoms with van der Waals surface area (Å²) in [5.74, 6) is 0.580. The lowest BCUT2D eigenvalue weighted by atomic mass is 9.84. The number of carbonyl (C=O) groups excluding carboxylic acids is 1. The number of hydrogen-bond donors (Lipinski definition) is 0. The second-order valence-corrected chi connectivity index (χ2v) is 10.5. The number of carbonyl (C=O) groups is 1. The van der Waals surface area contributed by atoms with E-state index in [4.69, 9.17) is 4.74 Å². The normalized spacial score (nSPS) is 18.6. The second kappa shape index (κ2) is 13.9. The van der Waals surface area contributed by atoms with E-state index in [1.54, 1.807) is 24.3 Å². The van der Waals surface area contributed by atoms with E-state index >= 15 is 0 Å². The van der Waals surface area contributed by atoms with Gasteiger partial charge in [0.2, 0.25) is 0 Å². The molecule has 2 nitrogen and oxygen atoms in total. The fourth-order valence-corrected chi connectivity index (χ4v) is 5.26. The van der Waals surface area contributed by atoms with Gasteiger partial charge in [-0.1, -0.05) is 85.8 Å². The molecule has 0 amide bonds. The standard InChI is InChI=1S/C35H39FO2/c1-3-4-6-9-27-16-22-33(23-17-27)38-35(37)32-20-13-28(14-21-32)12-18-31-19-15-29(25-34(31)36)24-26(2)30-10-7-5-8-11-30/h3-5,7-8,10-15,18-21,25-27,33H,6,9,16-17,22-24H2,1-2H3/b4-3+,18-12?/t26-,27?,33?/m1/s1. The van der Waals surface area contributed by atoms with Crippen LogP contribution in [0.15, 0.2) is 84.9 Å². The highest BCUT2D eigenvalue weighted by atomic mass is 19.1. The number of hydrogen-bond acceptors (Lipinski definition) is 2. The molecule has 0 spiro atoms. The molecule has 0 unspecified atom stereocenters. The van der Waals surface area contributed by atoms with Crippen LogP contribution in [0.1, 0.15) is 90.9 Å². The van der Waals surface area contributed by atoms with Crippen molar-refractivity contribution >= 4 is 18.1 Å². The van der Waals surface area contributed by atoms with Crippen LogP contribution in [0, 0.1) is 11.7 Å². The van der Waals surface area contributed by atoms with Crippen LogP contribution in [-0.2, 0) is 11.2 Å². The first-order chi connectivity index (χ1) is 18.5. The third kappa shape index (κ3) is 8.02. The molecule has 0 N–H and O–H groups in total.